The molecule has 0 radical (unpaired) electrons. The number of imidazole rings is 1. The minimum atomic E-state index is -0.572. The van der Waals surface area contributed by atoms with Gasteiger partial charge in [0, 0.05) is 30.6 Å². The molecule has 0 unspecified atom stereocenters. The van der Waals surface area contributed by atoms with Crippen LogP contribution in [0.3, 0.4) is 0 Å². The van der Waals surface area contributed by atoms with Gasteiger partial charge in [-0.3, -0.25) is 10.1 Å². The van der Waals surface area contributed by atoms with Gasteiger partial charge in [-0.15, -0.1) is 0 Å². The van der Waals surface area contributed by atoms with Gasteiger partial charge in [0.05, 0.1) is 4.92 Å². The Hall–Kier alpha value is -2.72. The number of hydrogen-bond acceptors (Lipinski definition) is 5. The van der Waals surface area contributed by atoms with Gasteiger partial charge in [0.1, 0.15) is 17.5 Å². The molecule has 7 heteroatoms. The Kier molecular flexibility index (Phi) is 3.54. The van der Waals surface area contributed by atoms with Crippen LogP contribution in [0.4, 0.5) is 5.69 Å². The number of nitrogens with two attached hydrogens (primary N) is 1. The first kappa shape index (κ1) is 12.7. The number of nitro benzene ring substituents is 1. The number of benzene rings is 1. The van der Waals surface area contributed by atoms with Gasteiger partial charge in [0.25, 0.3) is 5.69 Å². The van der Waals surface area contributed by atoms with Crippen molar-refractivity contribution in [1.29, 1.82) is 5.26 Å². The number of rotatable bonds is 4. The van der Waals surface area contributed by atoms with Crippen LogP contribution >= 0.6 is 0 Å². The zero-order chi connectivity index (χ0) is 13.8. The molecule has 2 aromatic rings. The first-order chi connectivity index (χ1) is 9.17. The fourth-order valence-corrected chi connectivity index (χ4v) is 1.81. The summed E-state index contributed by atoms with van der Waals surface area (Å²) in [6.07, 6.45) is 3.94. The van der Waals surface area contributed by atoms with Crippen LogP contribution in [-0.4, -0.2) is 21.0 Å². The van der Waals surface area contributed by atoms with E-state index >= 15 is 0 Å². The van der Waals surface area contributed by atoms with Crippen molar-refractivity contribution in [1.82, 2.24) is 9.55 Å². The van der Waals surface area contributed by atoms with E-state index < -0.39 is 4.92 Å². The molecule has 0 aliphatic carbocycles. The van der Waals surface area contributed by atoms with Crippen molar-refractivity contribution in [2.75, 3.05) is 6.54 Å². The quantitative estimate of drug-likeness (QED) is 0.652. The van der Waals surface area contributed by atoms with E-state index in [2.05, 4.69) is 4.98 Å². The highest BCUT2D eigenvalue weighted by Crippen LogP contribution is 2.22. The summed E-state index contributed by atoms with van der Waals surface area (Å²) < 4.78 is 1.76. The summed E-state index contributed by atoms with van der Waals surface area (Å²) in [5, 5.41) is 19.7. The van der Waals surface area contributed by atoms with Crippen molar-refractivity contribution in [2.45, 2.75) is 6.42 Å². The highest BCUT2D eigenvalue weighted by molar-refractivity contribution is 5.54. The summed E-state index contributed by atoms with van der Waals surface area (Å²) in [5.41, 5.74) is 5.97. The molecular weight excluding hydrogens is 246 g/mol. The second-order valence-corrected chi connectivity index (χ2v) is 3.82. The van der Waals surface area contributed by atoms with E-state index in [9.17, 15) is 10.1 Å². The lowest BCUT2D eigenvalue weighted by molar-refractivity contribution is -0.385. The van der Waals surface area contributed by atoms with Crippen molar-refractivity contribution in [2.24, 2.45) is 5.73 Å². The van der Waals surface area contributed by atoms with Crippen molar-refractivity contribution in [3.05, 3.63) is 52.1 Å². The molecule has 1 aromatic carbocycles. The number of nitro groups is 1. The third kappa shape index (κ3) is 2.43. The van der Waals surface area contributed by atoms with E-state index in [-0.39, 0.29) is 11.3 Å². The molecule has 0 aliphatic rings. The maximum Gasteiger partial charge on any atom is 0.287 e. The van der Waals surface area contributed by atoms with Crippen LogP contribution in [0.5, 0.6) is 0 Å². The molecule has 0 saturated carbocycles. The van der Waals surface area contributed by atoms with E-state index in [0.717, 1.165) is 5.82 Å². The Morgan fingerprint density at radius 2 is 2.32 bits per heavy atom. The Balaban J connectivity index is 2.49. The third-order valence-electron chi connectivity index (χ3n) is 2.66. The lowest BCUT2D eigenvalue weighted by Gasteiger charge is -2.07. The first-order valence-corrected chi connectivity index (χ1v) is 5.58. The highest BCUT2D eigenvalue weighted by atomic mass is 16.6. The topological polar surface area (TPSA) is 111 Å². The number of hydrogen-bond donors (Lipinski definition) is 1. The second kappa shape index (κ2) is 5.29. The van der Waals surface area contributed by atoms with Gasteiger partial charge < -0.3 is 10.3 Å². The Bertz CT molecular complexity index is 656. The summed E-state index contributed by atoms with van der Waals surface area (Å²) in [4.78, 5) is 14.4. The van der Waals surface area contributed by atoms with Gasteiger partial charge in [-0.1, -0.05) is 0 Å². The van der Waals surface area contributed by atoms with Crippen LogP contribution in [-0.2, 0) is 6.42 Å². The molecule has 0 atom stereocenters. The molecule has 0 spiro atoms. The van der Waals surface area contributed by atoms with E-state index in [1.54, 1.807) is 23.0 Å². The van der Waals surface area contributed by atoms with E-state index in [1.165, 1.54) is 12.1 Å². The number of nitrogens with zero attached hydrogens (tertiary/aromatic N) is 4. The fraction of sp³-hybridized carbons (Fsp3) is 0.167. The predicted molar refractivity (Wildman–Crippen MR) is 67.7 cm³/mol. The summed E-state index contributed by atoms with van der Waals surface area (Å²) >= 11 is 0. The van der Waals surface area contributed by atoms with E-state index in [0.29, 0.717) is 18.7 Å². The summed E-state index contributed by atoms with van der Waals surface area (Å²) in [6, 6.07) is 6.21. The molecule has 0 aliphatic heterocycles. The Labute approximate surface area is 109 Å². The highest BCUT2D eigenvalue weighted by Gasteiger charge is 2.15. The molecule has 19 heavy (non-hydrogen) atoms. The monoisotopic (exact) mass is 257 g/mol. The first-order valence-electron chi connectivity index (χ1n) is 5.58. The standard InChI is InChI=1S/C12H11N5O2/c13-4-3-12-15-5-6-16(12)10-1-2-11(17(18)19)9(7-10)8-14/h1-2,5-7H,3-4,13H2. The number of nitriles is 1. The van der Waals surface area contributed by atoms with Crippen LogP contribution in [0.1, 0.15) is 11.4 Å². The molecule has 2 N–H and O–H groups in total. The van der Waals surface area contributed by atoms with Crippen LogP contribution in [0.25, 0.3) is 5.69 Å². The smallest absolute Gasteiger partial charge is 0.287 e. The zero-order valence-corrected chi connectivity index (χ0v) is 9.98. The van der Waals surface area contributed by atoms with Gasteiger partial charge >= 0.3 is 0 Å². The van der Waals surface area contributed by atoms with Gasteiger partial charge in [-0.2, -0.15) is 5.26 Å². The van der Waals surface area contributed by atoms with Crippen LogP contribution in [0.2, 0.25) is 0 Å². The lowest BCUT2D eigenvalue weighted by Crippen LogP contribution is -2.09. The van der Waals surface area contributed by atoms with Gasteiger partial charge in [0.15, 0.2) is 0 Å². The maximum atomic E-state index is 10.8. The van der Waals surface area contributed by atoms with Gasteiger partial charge in [-0.05, 0) is 18.7 Å². The summed E-state index contributed by atoms with van der Waals surface area (Å²) in [7, 11) is 0. The SMILES string of the molecule is N#Cc1cc(-n2ccnc2CCN)ccc1[N+](=O)[O-]. The maximum absolute atomic E-state index is 10.8. The molecule has 2 rings (SSSR count). The van der Waals surface area contributed by atoms with Crippen molar-refractivity contribution in [3.63, 3.8) is 0 Å². The zero-order valence-electron chi connectivity index (χ0n) is 9.98. The van der Waals surface area contributed by atoms with E-state index in [4.69, 9.17) is 11.0 Å². The van der Waals surface area contributed by atoms with E-state index in [1.807, 2.05) is 6.07 Å². The molecule has 1 heterocycles. The lowest BCUT2D eigenvalue weighted by atomic mass is 10.1. The van der Waals surface area contributed by atoms with Crippen molar-refractivity contribution in [3.8, 4) is 11.8 Å². The number of aromatic nitrogens is 2. The average Bonchev–Trinajstić information content (AvgIpc) is 2.86. The molecule has 0 fully saturated rings. The van der Waals surface area contributed by atoms with Gasteiger partial charge in [0.2, 0.25) is 0 Å². The molecule has 1 aromatic heterocycles. The normalized spacial score (nSPS) is 10.1. The van der Waals surface area contributed by atoms with Crippen LogP contribution in [0, 0.1) is 21.4 Å². The molecule has 0 saturated heterocycles. The average molecular weight is 257 g/mol. The second-order valence-electron chi connectivity index (χ2n) is 3.82. The molecule has 0 amide bonds. The summed E-state index contributed by atoms with van der Waals surface area (Å²) in [6.45, 7) is 0.453. The largest absolute Gasteiger partial charge is 0.330 e. The van der Waals surface area contributed by atoms with Gasteiger partial charge in [-0.25, -0.2) is 4.98 Å². The van der Waals surface area contributed by atoms with Crippen LogP contribution < -0.4 is 5.73 Å². The van der Waals surface area contributed by atoms with Crippen molar-refractivity contribution < 1.29 is 4.92 Å². The van der Waals surface area contributed by atoms with Crippen molar-refractivity contribution >= 4 is 5.69 Å². The predicted octanol–water partition coefficient (Wildman–Crippen LogP) is 1.15. The van der Waals surface area contributed by atoms with Crippen LogP contribution in [0.15, 0.2) is 30.6 Å². The fourth-order valence-electron chi connectivity index (χ4n) is 1.81. The Morgan fingerprint density at radius 1 is 1.53 bits per heavy atom. The third-order valence-corrected chi connectivity index (χ3v) is 2.66. The molecule has 7 nitrogen and oxygen atoms in total. The minimum Gasteiger partial charge on any atom is -0.330 e. The summed E-state index contributed by atoms with van der Waals surface area (Å²) in [5.74, 6) is 0.750. The molecular formula is C12H11N5O2. The Morgan fingerprint density at radius 3 is 2.95 bits per heavy atom. The minimum absolute atomic E-state index is 0.0231. The molecule has 0 bridgehead atoms. The molecule has 96 valence electrons.